The Kier molecular flexibility index (Phi) is 5.17. The lowest BCUT2D eigenvalue weighted by molar-refractivity contribution is 0.150. The fourth-order valence-electron chi connectivity index (χ4n) is 3.16. The van der Waals surface area contributed by atoms with Crippen LogP contribution in [0.2, 0.25) is 0 Å². The highest BCUT2D eigenvalue weighted by atomic mass is 15.2. The highest BCUT2D eigenvalue weighted by molar-refractivity contribution is 5.10. The van der Waals surface area contributed by atoms with Gasteiger partial charge in [-0.05, 0) is 51.8 Å². The number of nitrogens with one attached hydrogen (secondary N) is 1. The molecule has 1 N–H and O–H groups in total. The van der Waals surface area contributed by atoms with E-state index in [0.29, 0.717) is 6.04 Å². The van der Waals surface area contributed by atoms with E-state index in [-0.39, 0.29) is 5.54 Å². The molecule has 2 rings (SSSR count). The lowest BCUT2D eigenvalue weighted by atomic mass is 9.92. The van der Waals surface area contributed by atoms with Gasteiger partial charge in [-0.25, -0.2) is 0 Å². The second kappa shape index (κ2) is 6.68. The Balaban J connectivity index is 2.14. The molecule has 1 aliphatic rings. The second-order valence-corrected chi connectivity index (χ2v) is 6.23. The highest BCUT2D eigenvalue weighted by Gasteiger charge is 2.32. The van der Waals surface area contributed by atoms with Crippen LogP contribution in [0.4, 0.5) is 0 Å². The third-order valence-corrected chi connectivity index (χ3v) is 4.86. The summed E-state index contributed by atoms with van der Waals surface area (Å²) in [7, 11) is 0. The number of hydrogen-bond acceptors (Lipinski definition) is 3. The first-order valence-corrected chi connectivity index (χ1v) is 8.00. The van der Waals surface area contributed by atoms with E-state index in [1.165, 1.54) is 25.0 Å². The van der Waals surface area contributed by atoms with E-state index in [9.17, 15) is 0 Å². The minimum atomic E-state index is 0.272. The van der Waals surface area contributed by atoms with Crippen LogP contribution < -0.4 is 5.32 Å². The third-order valence-electron chi connectivity index (χ3n) is 4.86. The van der Waals surface area contributed by atoms with Crippen molar-refractivity contribution in [2.45, 2.75) is 65.1 Å². The molecule has 1 fully saturated rings. The van der Waals surface area contributed by atoms with Crippen molar-refractivity contribution in [2.24, 2.45) is 0 Å². The van der Waals surface area contributed by atoms with Crippen molar-refractivity contribution in [3.8, 4) is 0 Å². The van der Waals surface area contributed by atoms with Crippen LogP contribution in [0.15, 0.2) is 18.2 Å². The molecule has 1 aromatic rings. The van der Waals surface area contributed by atoms with Crippen molar-refractivity contribution in [3.05, 3.63) is 29.6 Å². The molecule has 2 heterocycles. The predicted octanol–water partition coefficient (Wildman–Crippen LogP) is 3.13. The maximum atomic E-state index is 4.67. The number of aryl methyl sites for hydroxylation is 1. The van der Waals surface area contributed by atoms with Gasteiger partial charge in [-0.15, -0.1) is 0 Å². The van der Waals surface area contributed by atoms with E-state index >= 15 is 0 Å². The van der Waals surface area contributed by atoms with E-state index in [1.54, 1.807) is 0 Å². The van der Waals surface area contributed by atoms with Crippen LogP contribution in [0.25, 0.3) is 0 Å². The van der Waals surface area contributed by atoms with E-state index in [1.807, 2.05) is 0 Å². The largest absolute Gasteiger partial charge is 0.310 e. The molecule has 1 atom stereocenters. The lowest BCUT2D eigenvalue weighted by Crippen LogP contribution is -2.51. The van der Waals surface area contributed by atoms with E-state index < -0.39 is 0 Å². The van der Waals surface area contributed by atoms with Gasteiger partial charge < -0.3 is 5.32 Å². The zero-order chi connectivity index (χ0) is 14.6. The van der Waals surface area contributed by atoms with Crippen LogP contribution in [0.1, 0.15) is 51.4 Å². The molecule has 0 spiro atoms. The Morgan fingerprint density at radius 2 is 2.10 bits per heavy atom. The summed E-state index contributed by atoms with van der Waals surface area (Å²) in [6.45, 7) is 12.2. The summed E-state index contributed by atoms with van der Waals surface area (Å²) >= 11 is 0. The van der Waals surface area contributed by atoms with Crippen molar-refractivity contribution >= 4 is 0 Å². The average molecular weight is 275 g/mol. The molecule has 20 heavy (non-hydrogen) atoms. The average Bonchev–Trinajstić information content (AvgIpc) is 2.59. The Bertz CT molecular complexity index is 426. The van der Waals surface area contributed by atoms with Crippen LogP contribution in [-0.2, 0) is 6.54 Å². The standard InChI is InChI=1S/C17H29N3/c1-5-17(6-2)13-20(15(4)10-11-18-17)12-16-9-7-8-14(3)19-16/h7-9,15,18H,5-6,10-13H2,1-4H3. The maximum absolute atomic E-state index is 4.67. The minimum Gasteiger partial charge on any atom is -0.310 e. The quantitative estimate of drug-likeness (QED) is 0.915. The van der Waals surface area contributed by atoms with Crippen LogP contribution in [0.3, 0.4) is 0 Å². The fourth-order valence-corrected chi connectivity index (χ4v) is 3.16. The third kappa shape index (κ3) is 3.58. The van der Waals surface area contributed by atoms with Gasteiger partial charge >= 0.3 is 0 Å². The summed E-state index contributed by atoms with van der Waals surface area (Å²) in [4.78, 5) is 7.28. The fraction of sp³-hybridized carbons (Fsp3) is 0.706. The summed E-state index contributed by atoms with van der Waals surface area (Å²) in [5.74, 6) is 0. The summed E-state index contributed by atoms with van der Waals surface area (Å²) < 4.78 is 0. The number of pyridine rings is 1. The monoisotopic (exact) mass is 275 g/mol. The molecule has 112 valence electrons. The molecule has 1 aliphatic heterocycles. The van der Waals surface area contributed by atoms with Crippen molar-refractivity contribution in [2.75, 3.05) is 13.1 Å². The SMILES string of the molecule is CCC1(CC)CN(Cc2cccc(C)n2)C(C)CCN1. The molecule has 0 bridgehead atoms. The van der Waals surface area contributed by atoms with Gasteiger partial charge in [-0.1, -0.05) is 19.9 Å². The normalized spacial score (nSPS) is 23.5. The number of nitrogens with zero attached hydrogens (tertiary/aromatic N) is 2. The summed E-state index contributed by atoms with van der Waals surface area (Å²) in [6.07, 6.45) is 3.59. The zero-order valence-corrected chi connectivity index (χ0v) is 13.4. The maximum Gasteiger partial charge on any atom is 0.0547 e. The molecule has 3 nitrogen and oxygen atoms in total. The van der Waals surface area contributed by atoms with Gasteiger partial charge in [0.05, 0.1) is 5.69 Å². The summed E-state index contributed by atoms with van der Waals surface area (Å²) in [5.41, 5.74) is 2.58. The van der Waals surface area contributed by atoms with Gasteiger partial charge in [-0.3, -0.25) is 9.88 Å². The van der Waals surface area contributed by atoms with Gasteiger partial charge in [0.1, 0.15) is 0 Å². The first-order valence-electron chi connectivity index (χ1n) is 8.00. The van der Waals surface area contributed by atoms with Crippen molar-refractivity contribution in [3.63, 3.8) is 0 Å². The molecule has 0 saturated carbocycles. The van der Waals surface area contributed by atoms with Gasteiger partial charge in [0.25, 0.3) is 0 Å². The Morgan fingerprint density at radius 1 is 1.35 bits per heavy atom. The Morgan fingerprint density at radius 3 is 2.75 bits per heavy atom. The van der Waals surface area contributed by atoms with Crippen LogP contribution in [0, 0.1) is 6.92 Å². The van der Waals surface area contributed by atoms with E-state index in [0.717, 1.165) is 25.3 Å². The van der Waals surface area contributed by atoms with Gasteiger partial charge in [0.15, 0.2) is 0 Å². The molecule has 1 unspecified atom stereocenters. The minimum absolute atomic E-state index is 0.272. The molecule has 0 aliphatic carbocycles. The van der Waals surface area contributed by atoms with Gasteiger partial charge in [-0.2, -0.15) is 0 Å². The predicted molar refractivity (Wildman–Crippen MR) is 84.8 cm³/mol. The second-order valence-electron chi connectivity index (χ2n) is 6.23. The summed E-state index contributed by atoms with van der Waals surface area (Å²) in [6, 6.07) is 6.95. The number of aromatic nitrogens is 1. The van der Waals surface area contributed by atoms with Crippen LogP contribution in [0.5, 0.6) is 0 Å². The molecule has 0 radical (unpaired) electrons. The molecule has 1 saturated heterocycles. The van der Waals surface area contributed by atoms with E-state index in [2.05, 4.69) is 61.1 Å². The smallest absolute Gasteiger partial charge is 0.0547 e. The molecule has 0 amide bonds. The highest BCUT2D eigenvalue weighted by Crippen LogP contribution is 2.23. The van der Waals surface area contributed by atoms with E-state index in [4.69, 9.17) is 0 Å². The van der Waals surface area contributed by atoms with Crippen LogP contribution >= 0.6 is 0 Å². The summed E-state index contributed by atoms with van der Waals surface area (Å²) in [5, 5.41) is 3.79. The first-order chi connectivity index (χ1) is 9.58. The molecular formula is C17H29N3. The van der Waals surface area contributed by atoms with Gasteiger partial charge in [0, 0.05) is 30.4 Å². The van der Waals surface area contributed by atoms with Crippen LogP contribution in [-0.4, -0.2) is 34.6 Å². The topological polar surface area (TPSA) is 28.2 Å². The first kappa shape index (κ1) is 15.5. The zero-order valence-electron chi connectivity index (χ0n) is 13.4. The van der Waals surface area contributed by atoms with Crippen molar-refractivity contribution < 1.29 is 0 Å². The number of hydrogen-bond donors (Lipinski definition) is 1. The van der Waals surface area contributed by atoms with Crippen molar-refractivity contribution in [1.29, 1.82) is 0 Å². The Labute approximate surface area is 123 Å². The Hall–Kier alpha value is -0.930. The molecule has 1 aromatic heterocycles. The molecule has 3 heteroatoms. The van der Waals surface area contributed by atoms with Crippen molar-refractivity contribution in [1.82, 2.24) is 15.2 Å². The molecular weight excluding hydrogens is 246 g/mol. The number of rotatable bonds is 4. The lowest BCUT2D eigenvalue weighted by Gasteiger charge is -2.37. The van der Waals surface area contributed by atoms with Gasteiger partial charge in [0.2, 0.25) is 0 Å². The molecule has 0 aromatic carbocycles.